The Bertz CT molecular complexity index is 707. The second kappa shape index (κ2) is 7.45. The molecule has 0 unspecified atom stereocenters. The van der Waals surface area contributed by atoms with Crippen molar-refractivity contribution in [2.45, 2.75) is 13.8 Å². The second-order valence-corrected chi connectivity index (χ2v) is 5.15. The van der Waals surface area contributed by atoms with Crippen LogP contribution in [0.15, 0.2) is 42.5 Å². The summed E-state index contributed by atoms with van der Waals surface area (Å²) in [4.78, 5) is 23.2. The molecule has 0 heterocycles. The number of benzene rings is 2. The van der Waals surface area contributed by atoms with E-state index in [2.05, 4.69) is 10.1 Å². The van der Waals surface area contributed by atoms with Crippen LogP contribution in [0.5, 0.6) is 5.75 Å². The number of rotatable bonds is 5. The fraction of sp³-hybridized carbons (Fsp3) is 0.222. The number of ether oxygens (including phenoxy) is 2. The van der Waals surface area contributed by atoms with Gasteiger partial charge in [0, 0.05) is 5.69 Å². The van der Waals surface area contributed by atoms with E-state index >= 15 is 0 Å². The number of anilines is 1. The van der Waals surface area contributed by atoms with Gasteiger partial charge in [0.1, 0.15) is 5.75 Å². The highest BCUT2D eigenvalue weighted by Crippen LogP contribution is 2.16. The summed E-state index contributed by atoms with van der Waals surface area (Å²) in [7, 11) is 1.32. The van der Waals surface area contributed by atoms with Crippen LogP contribution in [0.3, 0.4) is 0 Å². The largest absolute Gasteiger partial charge is 0.484 e. The molecule has 23 heavy (non-hydrogen) atoms. The Labute approximate surface area is 135 Å². The minimum atomic E-state index is -0.416. The van der Waals surface area contributed by atoms with Gasteiger partial charge in [0.15, 0.2) is 6.61 Å². The first kappa shape index (κ1) is 16.5. The van der Waals surface area contributed by atoms with Gasteiger partial charge in [-0.25, -0.2) is 4.79 Å². The summed E-state index contributed by atoms with van der Waals surface area (Å²) in [5.74, 6) is -0.0284. The van der Waals surface area contributed by atoms with Crippen molar-refractivity contribution in [1.29, 1.82) is 0 Å². The summed E-state index contributed by atoms with van der Waals surface area (Å²) in [6.07, 6.45) is 0. The van der Waals surface area contributed by atoms with Crippen LogP contribution in [0.25, 0.3) is 0 Å². The Kier molecular flexibility index (Phi) is 5.36. The van der Waals surface area contributed by atoms with E-state index in [1.807, 2.05) is 32.0 Å². The van der Waals surface area contributed by atoms with E-state index in [4.69, 9.17) is 4.74 Å². The molecular formula is C18H19NO4. The fourth-order valence-electron chi connectivity index (χ4n) is 1.96. The number of methoxy groups -OCH3 is 1. The third-order valence-corrected chi connectivity index (χ3v) is 3.44. The zero-order chi connectivity index (χ0) is 16.8. The maximum absolute atomic E-state index is 11.9. The Balaban J connectivity index is 1.89. The van der Waals surface area contributed by atoms with Crippen molar-refractivity contribution in [2.24, 2.45) is 0 Å². The smallest absolute Gasteiger partial charge is 0.337 e. The number of amides is 1. The third kappa shape index (κ3) is 4.57. The molecule has 0 aliphatic heterocycles. The second-order valence-electron chi connectivity index (χ2n) is 5.15. The normalized spacial score (nSPS) is 10.0. The number of esters is 1. The maximum Gasteiger partial charge on any atom is 0.337 e. The van der Waals surface area contributed by atoms with Crippen LogP contribution >= 0.6 is 0 Å². The van der Waals surface area contributed by atoms with Crippen LogP contribution in [-0.2, 0) is 9.53 Å². The van der Waals surface area contributed by atoms with Crippen LogP contribution in [0.4, 0.5) is 5.69 Å². The molecule has 0 aromatic heterocycles. The molecule has 120 valence electrons. The first-order valence-electron chi connectivity index (χ1n) is 7.18. The van der Waals surface area contributed by atoms with Crippen molar-refractivity contribution in [3.05, 3.63) is 59.2 Å². The van der Waals surface area contributed by atoms with Gasteiger partial charge in [0.05, 0.1) is 12.7 Å². The monoisotopic (exact) mass is 313 g/mol. The fourth-order valence-corrected chi connectivity index (χ4v) is 1.96. The number of aryl methyl sites for hydroxylation is 2. The molecule has 0 spiro atoms. The van der Waals surface area contributed by atoms with Gasteiger partial charge in [-0.1, -0.05) is 6.07 Å². The zero-order valence-corrected chi connectivity index (χ0v) is 13.4. The van der Waals surface area contributed by atoms with Crippen molar-refractivity contribution < 1.29 is 19.1 Å². The minimum absolute atomic E-state index is 0.0821. The van der Waals surface area contributed by atoms with E-state index in [9.17, 15) is 9.59 Å². The zero-order valence-electron chi connectivity index (χ0n) is 13.4. The molecule has 5 nitrogen and oxygen atoms in total. The molecular weight excluding hydrogens is 294 g/mol. The quantitative estimate of drug-likeness (QED) is 0.861. The molecule has 0 radical (unpaired) electrons. The molecule has 0 atom stereocenters. The molecule has 2 aromatic carbocycles. The molecule has 0 aliphatic rings. The number of hydrogen-bond donors (Lipinski definition) is 1. The number of hydrogen-bond acceptors (Lipinski definition) is 4. The number of carbonyl (C=O) groups is 2. The minimum Gasteiger partial charge on any atom is -0.484 e. The molecule has 0 saturated carbocycles. The standard InChI is InChI=1S/C18H19NO4/c1-12-4-9-16(10-13(12)2)23-11-17(20)19-15-7-5-14(6-8-15)18(21)22-3/h4-10H,11H2,1-3H3,(H,19,20). The molecule has 0 saturated heterocycles. The van der Waals surface area contributed by atoms with Gasteiger partial charge < -0.3 is 14.8 Å². The lowest BCUT2D eigenvalue weighted by Crippen LogP contribution is -2.20. The van der Waals surface area contributed by atoms with Crippen LogP contribution < -0.4 is 10.1 Å². The van der Waals surface area contributed by atoms with Crippen molar-refractivity contribution in [3.8, 4) is 5.75 Å². The van der Waals surface area contributed by atoms with Gasteiger partial charge in [0.25, 0.3) is 5.91 Å². The van der Waals surface area contributed by atoms with E-state index in [0.29, 0.717) is 17.0 Å². The van der Waals surface area contributed by atoms with Gasteiger partial charge in [-0.15, -0.1) is 0 Å². The maximum atomic E-state index is 11.9. The van der Waals surface area contributed by atoms with Crippen molar-refractivity contribution in [3.63, 3.8) is 0 Å². The van der Waals surface area contributed by atoms with Crippen LogP contribution in [0.1, 0.15) is 21.5 Å². The Morgan fingerprint density at radius 3 is 2.30 bits per heavy atom. The lowest BCUT2D eigenvalue weighted by molar-refractivity contribution is -0.118. The van der Waals surface area contributed by atoms with E-state index < -0.39 is 5.97 Å². The van der Waals surface area contributed by atoms with Gasteiger partial charge >= 0.3 is 5.97 Å². The number of carbonyl (C=O) groups excluding carboxylic acids is 2. The molecule has 1 N–H and O–H groups in total. The lowest BCUT2D eigenvalue weighted by Gasteiger charge is -2.09. The predicted octanol–water partition coefficient (Wildman–Crippen LogP) is 3.11. The van der Waals surface area contributed by atoms with Crippen molar-refractivity contribution in [2.75, 3.05) is 19.0 Å². The highest BCUT2D eigenvalue weighted by Gasteiger charge is 2.07. The summed E-state index contributed by atoms with van der Waals surface area (Å²) in [6, 6.07) is 12.1. The molecule has 2 rings (SSSR count). The van der Waals surface area contributed by atoms with Crippen LogP contribution in [0, 0.1) is 13.8 Å². The average Bonchev–Trinajstić information content (AvgIpc) is 2.56. The van der Waals surface area contributed by atoms with Gasteiger partial charge in [-0.3, -0.25) is 4.79 Å². The Morgan fingerprint density at radius 2 is 1.70 bits per heavy atom. The SMILES string of the molecule is COC(=O)c1ccc(NC(=O)COc2ccc(C)c(C)c2)cc1. The molecule has 0 fully saturated rings. The summed E-state index contributed by atoms with van der Waals surface area (Å²) >= 11 is 0. The molecule has 1 amide bonds. The number of nitrogens with one attached hydrogen (secondary N) is 1. The Morgan fingerprint density at radius 1 is 1.00 bits per heavy atom. The van der Waals surface area contributed by atoms with Gasteiger partial charge in [-0.05, 0) is 61.4 Å². The van der Waals surface area contributed by atoms with E-state index in [-0.39, 0.29) is 12.5 Å². The topological polar surface area (TPSA) is 64.6 Å². The summed E-state index contributed by atoms with van der Waals surface area (Å²) in [6.45, 7) is 3.93. The molecule has 0 aliphatic carbocycles. The first-order chi connectivity index (χ1) is 11.0. The van der Waals surface area contributed by atoms with Crippen LogP contribution in [-0.4, -0.2) is 25.6 Å². The van der Waals surface area contributed by atoms with Crippen LogP contribution in [0.2, 0.25) is 0 Å². The van der Waals surface area contributed by atoms with E-state index in [1.54, 1.807) is 24.3 Å². The highest BCUT2D eigenvalue weighted by atomic mass is 16.5. The van der Waals surface area contributed by atoms with E-state index in [1.165, 1.54) is 12.7 Å². The molecule has 0 bridgehead atoms. The van der Waals surface area contributed by atoms with E-state index in [0.717, 1.165) is 5.56 Å². The summed E-state index contributed by atoms with van der Waals surface area (Å²) in [5.41, 5.74) is 3.30. The average molecular weight is 313 g/mol. The lowest BCUT2D eigenvalue weighted by atomic mass is 10.1. The predicted molar refractivity (Wildman–Crippen MR) is 87.8 cm³/mol. The van der Waals surface area contributed by atoms with Gasteiger partial charge in [0.2, 0.25) is 0 Å². The Hall–Kier alpha value is -2.82. The third-order valence-electron chi connectivity index (χ3n) is 3.44. The summed E-state index contributed by atoms with van der Waals surface area (Å²) < 4.78 is 10.1. The highest BCUT2D eigenvalue weighted by molar-refractivity contribution is 5.93. The molecule has 5 heteroatoms. The van der Waals surface area contributed by atoms with Crippen molar-refractivity contribution >= 4 is 17.6 Å². The van der Waals surface area contributed by atoms with Gasteiger partial charge in [-0.2, -0.15) is 0 Å². The molecule has 2 aromatic rings. The first-order valence-corrected chi connectivity index (χ1v) is 7.18. The van der Waals surface area contributed by atoms with Crippen molar-refractivity contribution in [1.82, 2.24) is 0 Å². The summed E-state index contributed by atoms with van der Waals surface area (Å²) in [5, 5.41) is 2.71.